The van der Waals surface area contributed by atoms with Gasteiger partial charge in [0.05, 0.1) is 24.3 Å². The van der Waals surface area contributed by atoms with Crippen molar-refractivity contribution >= 4 is 23.5 Å². The van der Waals surface area contributed by atoms with E-state index in [9.17, 15) is 14.7 Å². The normalized spacial score (nSPS) is 11.4. The summed E-state index contributed by atoms with van der Waals surface area (Å²) in [4.78, 5) is 24.0. The first-order chi connectivity index (χ1) is 15.2. The Labute approximate surface area is 195 Å². The maximum atomic E-state index is 12.5. The maximum Gasteiger partial charge on any atom is 0.333 e. The summed E-state index contributed by atoms with van der Waals surface area (Å²) in [7, 11) is 1.54. The second kappa shape index (κ2) is 13.8. The monoisotopic (exact) mass is 463 g/mol. The first kappa shape index (κ1) is 27.5. The predicted octanol–water partition coefficient (Wildman–Crippen LogP) is 5.28. The van der Waals surface area contributed by atoms with Crippen LogP contribution in [0.25, 0.3) is 0 Å². The van der Waals surface area contributed by atoms with Gasteiger partial charge in [0, 0.05) is 18.5 Å². The van der Waals surface area contributed by atoms with E-state index in [1.54, 1.807) is 31.4 Å². The Morgan fingerprint density at radius 2 is 1.81 bits per heavy atom. The molecule has 0 aliphatic carbocycles. The van der Waals surface area contributed by atoms with Crippen LogP contribution in [0.15, 0.2) is 36.4 Å². The van der Waals surface area contributed by atoms with E-state index in [4.69, 9.17) is 21.1 Å². The summed E-state index contributed by atoms with van der Waals surface area (Å²) in [6.07, 6.45) is -0.717. The summed E-state index contributed by atoms with van der Waals surface area (Å²) < 4.78 is 10.9. The maximum absolute atomic E-state index is 12.5. The van der Waals surface area contributed by atoms with E-state index in [-0.39, 0.29) is 24.8 Å². The average Bonchev–Trinajstić information content (AvgIpc) is 2.76. The molecule has 1 unspecified atom stereocenters. The molecule has 0 aromatic heterocycles. The van der Waals surface area contributed by atoms with Crippen LogP contribution >= 0.6 is 11.6 Å². The molecule has 0 saturated heterocycles. The number of carbonyl (C=O) groups excluding carboxylic acids is 1. The number of hydrogen-bond acceptors (Lipinski definition) is 4. The van der Waals surface area contributed by atoms with Gasteiger partial charge in [-0.05, 0) is 42.2 Å². The fourth-order valence-electron chi connectivity index (χ4n) is 2.91. The number of aliphatic carboxylic acids is 1. The van der Waals surface area contributed by atoms with Gasteiger partial charge in [0.25, 0.3) is 5.91 Å². The fourth-order valence-corrected chi connectivity index (χ4v) is 3.23. The predicted molar refractivity (Wildman–Crippen MR) is 128 cm³/mol. The van der Waals surface area contributed by atoms with Gasteiger partial charge in [-0.25, -0.2) is 4.79 Å². The lowest BCUT2D eigenvalue weighted by atomic mass is 10.0. The highest BCUT2D eigenvalue weighted by Crippen LogP contribution is 2.22. The molecule has 0 bridgehead atoms. The van der Waals surface area contributed by atoms with Crippen molar-refractivity contribution in [2.45, 2.75) is 53.7 Å². The number of aryl methyl sites for hydroxylation is 1. The van der Waals surface area contributed by atoms with Crippen molar-refractivity contribution in [2.75, 3.05) is 13.7 Å². The van der Waals surface area contributed by atoms with E-state index in [0.29, 0.717) is 22.9 Å². The number of carboxylic acid groups (broad SMARTS) is 1. The van der Waals surface area contributed by atoms with Crippen LogP contribution in [-0.4, -0.2) is 36.8 Å². The molecule has 32 heavy (non-hydrogen) atoms. The van der Waals surface area contributed by atoms with E-state index in [1.165, 1.54) is 0 Å². The molecule has 1 atom stereocenters. The zero-order valence-electron chi connectivity index (χ0n) is 19.7. The molecular weight excluding hydrogens is 430 g/mol. The van der Waals surface area contributed by atoms with Gasteiger partial charge in [-0.3, -0.25) is 4.79 Å². The molecule has 2 N–H and O–H groups in total. The highest BCUT2D eigenvalue weighted by Gasteiger charge is 2.20. The number of carboxylic acids is 1. The molecule has 0 spiro atoms. The lowest BCUT2D eigenvalue weighted by Crippen LogP contribution is -2.28. The van der Waals surface area contributed by atoms with Crippen LogP contribution in [-0.2, 0) is 22.5 Å². The molecule has 0 fully saturated rings. The van der Waals surface area contributed by atoms with Gasteiger partial charge < -0.3 is 19.9 Å². The molecule has 0 aliphatic rings. The van der Waals surface area contributed by atoms with E-state index >= 15 is 0 Å². The second-order valence-electron chi connectivity index (χ2n) is 7.57. The number of amides is 1. The third kappa shape index (κ3) is 8.52. The Bertz CT molecular complexity index is 898. The smallest absolute Gasteiger partial charge is 0.333 e. The van der Waals surface area contributed by atoms with E-state index in [2.05, 4.69) is 5.32 Å². The Morgan fingerprint density at radius 1 is 1.12 bits per heavy atom. The minimum Gasteiger partial charge on any atom is -0.496 e. The zero-order valence-corrected chi connectivity index (χ0v) is 20.5. The van der Waals surface area contributed by atoms with Gasteiger partial charge in [-0.15, -0.1) is 0 Å². The van der Waals surface area contributed by atoms with Crippen molar-refractivity contribution in [3.63, 3.8) is 0 Å². The van der Waals surface area contributed by atoms with Gasteiger partial charge in [0.15, 0.2) is 6.10 Å². The third-order valence-electron chi connectivity index (χ3n) is 4.48. The van der Waals surface area contributed by atoms with Gasteiger partial charge in [0.2, 0.25) is 0 Å². The first-order valence-electron chi connectivity index (χ1n) is 10.8. The summed E-state index contributed by atoms with van der Waals surface area (Å²) in [6.45, 7) is 10.4. The van der Waals surface area contributed by atoms with Crippen molar-refractivity contribution in [3.8, 4) is 5.75 Å². The number of nitrogens with one attached hydrogen (secondary N) is 1. The quantitative estimate of drug-likeness (QED) is 0.500. The average molecular weight is 464 g/mol. The second-order valence-corrected chi connectivity index (χ2v) is 7.98. The highest BCUT2D eigenvalue weighted by molar-refractivity contribution is 6.33. The molecule has 2 rings (SSSR count). The van der Waals surface area contributed by atoms with E-state index in [1.807, 2.05) is 46.8 Å². The minimum absolute atomic E-state index is 0.213. The summed E-state index contributed by atoms with van der Waals surface area (Å²) in [6, 6.07) is 10.6. The number of methoxy groups -OCH3 is 1. The Morgan fingerprint density at radius 3 is 2.38 bits per heavy atom. The van der Waals surface area contributed by atoms with Crippen molar-refractivity contribution in [3.05, 3.63) is 63.7 Å². The van der Waals surface area contributed by atoms with Crippen molar-refractivity contribution in [2.24, 2.45) is 5.92 Å². The molecule has 0 heterocycles. The number of carbonyl (C=O) groups is 2. The Hall–Kier alpha value is -2.57. The Kier molecular flexibility index (Phi) is 11.8. The lowest BCUT2D eigenvalue weighted by Gasteiger charge is -2.17. The molecule has 2 aromatic carbocycles. The van der Waals surface area contributed by atoms with Gasteiger partial charge in [-0.1, -0.05) is 57.5 Å². The third-order valence-corrected chi connectivity index (χ3v) is 4.79. The first-order valence-corrected chi connectivity index (χ1v) is 11.1. The van der Waals surface area contributed by atoms with Crippen LogP contribution in [0, 0.1) is 12.8 Å². The van der Waals surface area contributed by atoms with Gasteiger partial charge in [0.1, 0.15) is 5.75 Å². The molecule has 0 saturated carbocycles. The standard InChI is InChI=1S/C23H28ClNO5.C2H6/c1-14(2)13-30-21(23(27)28)11-16-6-8-20(29-4)17(10-16)12-25-22(26)18-7-5-15(3)9-19(18)24;1-2/h5-10,14,21H,11-13H2,1-4H3,(H,25,26)(H,27,28);1-2H3. The van der Waals surface area contributed by atoms with Crippen LogP contribution in [0.5, 0.6) is 5.75 Å². The van der Waals surface area contributed by atoms with Gasteiger partial charge >= 0.3 is 5.97 Å². The van der Waals surface area contributed by atoms with E-state index < -0.39 is 12.1 Å². The summed E-state index contributed by atoms with van der Waals surface area (Å²) >= 11 is 6.17. The lowest BCUT2D eigenvalue weighted by molar-refractivity contribution is -0.150. The van der Waals surface area contributed by atoms with Crippen LogP contribution in [0.3, 0.4) is 0 Å². The topological polar surface area (TPSA) is 84.9 Å². The summed E-state index contributed by atoms with van der Waals surface area (Å²) in [5.74, 6) is -0.461. The fraction of sp³-hybridized carbons (Fsp3) is 0.440. The van der Waals surface area contributed by atoms with Crippen LogP contribution in [0.2, 0.25) is 5.02 Å². The SMILES string of the molecule is CC.COc1ccc(CC(OCC(C)C)C(=O)O)cc1CNC(=O)c1ccc(C)cc1Cl. The number of rotatable bonds is 10. The van der Waals surface area contributed by atoms with Crippen LogP contribution < -0.4 is 10.1 Å². The van der Waals surface area contributed by atoms with Crippen molar-refractivity contribution in [1.82, 2.24) is 5.32 Å². The minimum atomic E-state index is -1.00. The molecule has 1 amide bonds. The Balaban J connectivity index is 0.00000249. The zero-order chi connectivity index (χ0) is 24.3. The molecule has 7 heteroatoms. The number of halogens is 1. The van der Waals surface area contributed by atoms with Gasteiger partial charge in [-0.2, -0.15) is 0 Å². The molecule has 0 radical (unpaired) electrons. The van der Waals surface area contributed by atoms with E-state index in [0.717, 1.165) is 16.7 Å². The van der Waals surface area contributed by atoms with Crippen LogP contribution in [0.4, 0.5) is 0 Å². The molecular formula is C25H34ClNO5. The summed E-state index contributed by atoms with van der Waals surface area (Å²) in [5.41, 5.74) is 2.88. The molecule has 0 aliphatic heterocycles. The number of benzene rings is 2. The number of hydrogen-bond donors (Lipinski definition) is 2. The van der Waals surface area contributed by atoms with Crippen molar-refractivity contribution < 1.29 is 24.2 Å². The highest BCUT2D eigenvalue weighted by atomic mass is 35.5. The van der Waals surface area contributed by atoms with Crippen molar-refractivity contribution in [1.29, 1.82) is 0 Å². The molecule has 6 nitrogen and oxygen atoms in total. The van der Waals surface area contributed by atoms with Crippen LogP contribution in [0.1, 0.15) is 54.7 Å². The number of ether oxygens (including phenoxy) is 2. The summed E-state index contributed by atoms with van der Waals surface area (Å²) in [5, 5.41) is 12.7. The molecule has 176 valence electrons. The largest absolute Gasteiger partial charge is 0.496 e. The molecule has 2 aromatic rings.